The molecule has 0 fully saturated rings. The summed E-state index contributed by atoms with van der Waals surface area (Å²) in [6.45, 7) is 2.43. The van der Waals surface area contributed by atoms with E-state index in [4.69, 9.17) is 4.42 Å². The summed E-state index contributed by atoms with van der Waals surface area (Å²) in [5, 5.41) is 15.5. The minimum Gasteiger partial charge on any atom is -0.416 e. The van der Waals surface area contributed by atoms with E-state index in [0.717, 1.165) is 27.9 Å². The third-order valence-corrected chi connectivity index (χ3v) is 5.35. The van der Waals surface area contributed by atoms with Crippen LogP contribution in [0.2, 0.25) is 0 Å². The molecule has 0 atom stereocenters. The number of nitrogens with one attached hydrogen (secondary N) is 1. The Morgan fingerprint density at radius 1 is 0.909 bits per heavy atom. The number of aryl methyl sites for hydroxylation is 1. The summed E-state index contributed by atoms with van der Waals surface area (Å²) in [4.78, 5) is 12.6. The largest absolute Gasteiger partial charge is 0.416 e. The lowest BCUT2D eigenvalue weighted by atomic mass is 10.1. The molecule has 162 valence electrons. The number of hydrogen-bond acceptors (Lipinski definition) is 5. The topological polar surface area (TPSA) is 85.8 Å². The number of aromatic nitrogens is 4. The highest BCUT2D eigenvalue weighted by Crippen LogP contribution is 2.26. The third-order valence-electron chi connectivity index (χ3n) is 5.35. The van der Waals surface area contributed by atoms with E-state index in [1.165, 1.54) is 0 Å². The lowest BCUT2D eigenvalue weighted by Crippen LogP contribution is -2.22. The quantitative estimate of drug-likeness (QED) is 0.413. The van der Waals surface area contributed by atoms with Crippen LogP contribution in [0.1, 0.15) is 21.5 Å². The predicted molar refractivity (Wildman–Crippen MR) is 125 cm³/mol. The number of carbonyl (C=O) groups is 1. The number of amides is 1. The van der Waals surface area contributed by atoms with Gasteiger partial charge in [-0.25, -0.2) is 4.68 Å². The predicted octanol–water partition coefficient (Wildman–Crippen LogP) is 4.83. The van der Waals surface area contributed by atoms with Crippen molar-refractivity contribution in [2.24, 2.45) is 0 Å². The second kappa shape index (κ2) is 8.92. The van der Waals surface area contributed by atoms with Crippen molar-refractivity contribution in [2.45, 2.75) is 13.5 Å². The fourth-order valence-electron chi connectivity index (χ4n) is 3.50. The average molecular weight is 435 g/mol. The zero-order valence-electron chi connectivity index (χ0n) is 18.0. The Morgan fingerprint density at radius 2 is 1.67 bits per heavy atom. The van der Waals surface area contributed by atoms with Gasteiger partial charge in [0.15, 0.2) is 0 Å². The highest BCUT2D eigenvalue weighted by Gasteiger charge is 2.13. The van der Waals surface area contributed by atoms with Crippen LogP contribution in [0.15, 0.2) is 95.7 Å². The van der Waals surface area contributed by atoms with Gasteiger partial charge in [0, 0.05) is 35.6 Å². The first kappa shape index (κ1) is 20.4. The van der Waals surface area contributed by atoms with Gasteiger partial charge in [-0.05, 0) is 66.6 Å². The van der Waals surface area contributed by atoms with Gasteiger partial charge in [-0.3, -0.25) is 4.79 Å². The van der Waals surface area contributed by atoms with Crippen LogP contribution in [-0.2, 0) is 6.54 Å². The summed E-state index contributed by atoms with van der Waals surface area (Å²) in [5.74, 6) is 0.741. The number of nitrogens with zero attached hydrogens (tertiary/aromatic N) is 4. The van der Waals surface area contributed by atoms with Crippen molar-refractivity contribution in [3.63, 3.8) is 0 Å². The Kier molecular flexibility index (Phi) is 5.51. The molecule has 5 rings (SSSR count). The number of hydrogen-bond donors (Lipinski definition) is 1. The number of rotatable bonds is 6. The van der Waals surface area contributed by atoms with E-state index in [-0.39, 0.29) is 5.91 Å². The van der Waals surface area contributed by atoms with Crippen molar-refractivity contribution < 1.29 is 9.21 Å². The Labute approximate surface area is 190 Å². The number of benzene rings is 3. The Hall–Kier alpha value is -4.52. The van der Waals surface area contributed by atoms with Crippen molar-refractivity contribution in [2.75, 3.05) is 0 Å². The Bertz CT molecular complexity index is 1370. The van der Waals surface area contributed by atoms with E-state index in [2.05, 4.69) is 20.6 Å². The standard InChI is InChI=1S/C26H21N5O2/c1-18-5-2-3-6-23(18)26-30-29-25(33-26)21-11-9-20(10-12-21)24(32)27-17-19-7-13-22(14-8-19)31-16-4-15-28-31/h2-16H,17H2,1H3,(H,27,32). The van der Waals surface area contributed by atoms with Gasteiger partial charge in [0.25, 0.3) is 5.91 Å². The first-order valence-electron chi connectivity index (χ1n) is 10.5. The van der Waals surface area contributed by atoms with Crippen molar-refractivity contribution in [3.8, 4) is 28.6 Å². The average Bonchev–Trinajstić information content (AvgIpc) is 3.56. The van der Waals surface area contributed by atoms with Crippen molar-refractivity contribution in [1.82, 2.24) is 25.3 Å². The van der Waals surface area contributed by atoms with E-state index in [0.29, 0.717) is 23.9 Å². The van der Waals surface area contributed by atoms with Crippen LogP contribution in [0, 0.1) is 6.92 Å². The molecule has 0 aliphatic carbocycles. The van der Waals surface area contributed by atoms with Gasteiger partial charge in [-0.15, -0.1) is 10.2 Å². The molecule has 5 aromatic rings. The van der Waals surface area contributed by atoms with Crippen LogP contribution in [0.25, 0.3) is 28.6 Å². The molecule has 1 N–H and O–H groups in total. The van der Waals surface area contributed by atoms with Crippen LogP contribution in [0.3, 0.4) is 0 Å². The highest BCUT2D eigenvalue weighted by molar-refractivity contribution is 5.94. The summed E-state index contributed by atoms with van der Waals surface area (Å²) in [6.07, 6.45) is 3.62. The normalized spacial score (nSPS) is 10.8. The minimum absolute atomic E-state index is 0.149. The van der Waals surface area contributed by atoms with Gasteiger partial charge in [-0.2, -0.15) is 5.10 Å². The molecule has 0 saturated heterocycles. The molecule has 2 heterocycles. The van der Waals surface area contributed by atoms with Crippen molar-refractivity contribution in [3.05, 3.63) is 108 Å². The van der Waals surface area contributed by atoms with Crippen molar-refractivity contribution in [1.29, 1.82) is 0 Å². The molecule has 7 nitrogen and oxygen atoms in total. The van der Waals surface area contributed by atoms with Crippen LogP contribution in [-0.4, -0.2) is 25.9 Å². The van der Waals surface area contributed by atoms with E-state index in [1.807, 2.05) is 79.9 Å². The Balaban J connectivity index is 1.22. The molecule has 0 aliphatic rings. The lowest BCUT2D eigenvalue weighted by Gasteiger charge is -2.07. The van der Waals surface area contributed by atoms with E-state index in [9.17, 15) is 4.79 Å². The SMILES string of the molecule is Cc1ccccc1-c1nnc(-c2ccc(C(=O)NCc3ccc(-n4cccn4)cc3)cc2)o1. The van der Waals surface area contributed by atoms with Gasteiger partial charge < -0.3 is 9.73 Å². The van der Waals surface area contributed by atoms with Gasteiger partial charge in [0.05, 0.1) is 5.69 Å². The fourth-order valence-corrected chi connectivity index (χ4v) is 3.50. The summed E-state index contributed by atoms with van der Waals surface area (Å²) in [7, 11) is 0. The molecular formula is C26H21N5O2. The lowest BCUT2D eigenvalue weighted by molar-refractivity contribution is 0.0951. The fraction of sp³-hybridized carbons (Fsp3) is 0.0769. The summed E-state index contributed by atoms with van der Waals surface area (Å²) < 4.78 is 7.64. The van der Waals surface area contributed by atoms with Crippen LogP contribution in [0.5, 0.6) is 0 Å². The van der Waals surface area contributed by atoms with E-state index >= 15 is 0 Å². The summed E-state index contributed by atoms with van der Waals surface area (Å²) >= 11 is 0. The smallest absolute Gasteiger partial charge is 0.251 e. The molecule has 0 unspecified atom stereocenters. The molecule has 0 spiro atoms. The Morgan fingerprint density at radius 3 is 2.39 bits per heavy atom. The molecule has 3 aromatic carbocycles. The monoisotopic (exact) mass is 435 g/mol. The van der Waals surface area contributed by atoms with Crippen LogP contribution >= 0.6 is 0 Å². The zero-order chi connectivity index (χ0) is 22.6. The minimum atomic E-state index is -0.149. The van der Waals surface area contributed by atoms with Crippen molar-refractivity contribution >= 4 is 5.91 Å². The zero-order valence-corrected chi connectivity index (χ0v) is 18.0. The molecule has 7 heteroatoms. The first-order valence-corrected chi connectivity index (χ1v) is 10.5. The van der Waals surface area contributed by atoms with Gasteiger partial charge in [-0.1, -0.05) is 30.3 Å². The maximum Gasteiger partial charge on any atom is 0.251 e. The molecule has 2 aromatic heterocycles. The molecule has 33 heavy (non-hydrogen) atoms. The molecule has 0 aliphatic heterocycles. The molecule has 0 bridgehead atoms. The van der Waals surface area contributed by atoms with E-state index < -0.39 is 0 Å². The van der Waals surface area contributed by atoms with Gasteiger partial charge in [0.2, 0.25) is 11.8 Å². The maximum atomic E-state index is 12.6. The summed E-state index contributed by atoms with van der Waals surface area (Å²) in [5.41, 5.74) is 5.27. The maximum absolute atomic E-state index is 12.6. The second-order valence-corrected chi connectivity index (χ2v) is 7.60. The molecule has 1 amide bonds. The second-order valence-electron chi connectivity index (χ2n) is 7.60. The van der Waals surface area contributed by atoms with Crippen LogP contribution < -0.4 is 5.32 Å². The highest BCUT2D eigenvalue weighted by atomic mass is 16.4. The molecular weight excluding hydrogens is 414 g/mol. The molecule has 0 saturated carbocycles. The molecule has 0 radical (unpaired) electrons. The number of carbonyl (C=O) groups excluding carboxylic acids is 1. The van der Waals surface area contributed by atoms with E-state index in [1.54, 1.807) is 23.0 Å². The third kappa shape index (κ3) is 4.43. The summed E-state index contributed by atoms with van der Waals surface area (Å²) in [6, 6.07) is 24.7. The van der Waals surface area contributed by atoms with Gasteiger partial charge in [0.1, 0.15) is 0 Å². The van der Waals surface area contributed by atoms with Gasteiger partial charge >= 0.3 is 0 Å². The van der Waals surface area contributed by atoms with Crippen LogP contribution in [0.4, 0.5) is 0 Å². The first-order chi connectivity index (χ1) is 16.2.